The summed E-state index contributed by atoms with van der Waals surface area (Å²) in [4.78, 5) is 35.0. The van der Waals surface area contributed by atoms with Crippen molar-refractivity contribution in [2.75, 3.05) is 26.4 Å². The van der Waals surface area contributed by atoms with Gasteiger partial charge in [-0.3, -0.25) is 18.6 Å². The molecule has 1 unspecified atom stereocenters. The molecule has 56 heavy (non-hydrogen) atoms. The van der Waals surface area contributed by atoms with Crippen LogP contribution in [-0.4, -0.2) is 65.7 Å². The maximum Gasteiger partial charge on any atom is 0.472 e. The van der Waals surface area contributed by atoms with E-state index in [2.05, 4.69) is 19.9 Å². The lowest BCUT2D eigenvalue weighted by Crippen LogP contribution is -2.29. The lowest BCUT2D eigenvalue weighted by atomic mass is 10.0. The predicted octanol–water partition coefficient (Wildman–Crippen LogP) is 12.4. The van der Waals surface area contributed by atoms with E-state index in [9.17, 15) is 24.2 Å². The number of rotatable bonds is 44. The average molecular weight is 819 g/mol. The number of allylic oxidation sites excluding steroid dienone is 2. The van der Waals surface area contributed by atoms with E-state index in [1.54, 1.807) is 0 Å². The number of aliphatic hydroxyl groups is 2. The molecule has 0 aliphatic carbocycles. The van der Waals surface area contributed by atoms with E-state index in [0.29, 0.717) is 12.8 Å². The molecule has 11 heteroatoms. The normalized spacial score (nSPS) is 13.9. The summed E-state index contributed by atoms with van der Waals surface area (Å²) >= 11 is 0. The number of esters is 2. The molecule has 0 saturated carbocycles. The van der Waals surface area contributed by atoms with Crippen molar-refractivity contribution >= 4 is 19.8 Å². The van der Waals surface area contributed by atoms with E-state index in [0.717, 1.165) is 32.1 Å². The molecule has 0 aromatic heterocycles. The molecule has 332 valence electrons. The van der Waals surface area contributed by atoms with Gasteiger partial charge in [0.1, 0.15) is 12.7 Å². The molecule has 3 N–H and O–H groups in total. The Kier molecular flexibility index (Phi) is 40.9. The first-order valence-electron chi connectivity index (χ1n) is 23.1. The molecule has 10 nitrogen and oxygen atoms in total. The van der Waals surface area contributed by atoms with Gasteiger partial charge in [-0.05, 0) is 25.7 Å². The molecule has 0 saturated heterocycles. The Morgan fingerprint density at radius 1 is 0.518 bits per heavy atom. The van der Waals surface area contributed by atoms with Crippen LogP contribution in [0.3, 0.4) is 0 Å². The topological polar surface area (TPSA) is 149 Å². The molecule has 0 heterocycles. The van der Waals surface area contributed by atoms with Crippen LogP contribution in [0.25, 0.3) is 0 Å². The van der Waals surface area contributed by atoms with Crippen LogP contribution in [0.15, 0.2) is 12.2 Å². The largest absolute Gasteiger partial charge is 0.472 e. The van der Waals surface area contributed by atoms with E-state index >= 15 is 0 Å². The molecule has 0 fully saturated rings. The van der Waals surface area contributed by atoms with Crippen molar-refractivity contribution in [2.45, 2.75) is 238 Å². The van der Waals surface area contributed by atoms with Gasteiger partial charge in [-0.2, -0.15) is 0 Å². The van der Waals surface area contributed by atoms with Crippen molar-refractivity contribution in [1.82, 2.24) is 0 Å². The molecule has 0 aromatic carbocycles. The molecule has 0 rings (SSSR count). The average Bonchev–Trinajstić information content (AvgIpc) is 3.19. The van der Waals surface area contributed by atoms with Crippen LogP contribution in [-0.2, 0) is 32.7 Å². The quantitative estimate of drug-likeness (QED) is 0.0235. The first-order valence-corrected chi connectivity index (χ1v) is 24.6. The van der Waals surface area contributed by atoms with E-state index in [-0.39, 0.29) is 19.4 Å². The Morgan fingerprint density at radius 2 is 0.911 bits per heavy atom. The van der Waals surface area contributed by atoms with Gasteiger partial charge in [-0.15, -0.1) is 0 Å². The van der Waals surface area contributed by atoms with Gasteiger partial charge in [0.05, 0.1) is 19.8 Å². The highest BCUT2D eigenvalue weighted by molar-refractivity contribution is 7.47. The van der Waals surface area contributed by atoms with Gasteiger partial charge >= 0.3 is 19.8 Å². The summed E-state index contributed by atoms with van der Waals surface area (Å²) in [6.45, 7) is 2.38. The van der Waals surface area contributed by atoms with Crippen molar-refractivity contribution in [3.63, 3.8) is 0 Å². The Hall–Kier alpha value is -1.29. The zero-order chi connectivity index (χ0) is 41.2. The number of hydrogen-bond acceptors (Lipinski definition) is 9. The van der Waals surface area contributed by atoms with Crippen molar-refractivity contribution in [3.8, 4) is 0 Å². The summed E-state index contributed by atoms with van der Waals surface area (Å²) in [5, 5.41) is 18.3. The van der Waals surface area contributed by atoms with Gasteiger partial charge in [-0.1, -0.05) is 199 Å². The number of phosphoric acid groups is 1. The first-order chi connectivity index (χ1) is 27.2. The van der Waals surface area contributed by atoms with Crippen molar-refractivity contribution < 1.29 is 47.8 Å². The summed E-state index contributed by atoms with van der Waals surface area (Å²) in [5.74, 6) is -0.968. The number of carbonyl (C=O) groups is 2. The molecule has 0 amide bonds. The highest BCUT2D eigenvalue weighted by atomic mass is 31.2. The third kappa shape index (κ3) is 40.9. The molecule has 3 atom stereocenters. The zero-order valence-electron chi connectivity index (χ0n) is 36.1. The molecule has 0 aliphatic heterocycles. The maximum atomic E-state index is 12.6. The second kappa shape index (κ2) is 41.9. The minimum Gasteiger partial charge on any atom is -0.462 e. The van der Waals surface area contributed by atoms with Crippen molar-refractivity contribution in [3.05, 3.63) is 12.2 Å². The van der Waals surface area contributed by atoms with Crippen LogP contribution < -0.4 is 0 Å². The van der Waals surface area contributed by atoms with E-state index in [1.165, 1.54) is 154 Å². The SMILES string of the molecule is CCCCCCCCCCCCC/C=C/CCC(=O)O[C@H](COC(=O)CCCCCCCCCCCCCCCCCCCC)COP(=O)(O)OC[C@@H](O)CO. The van der Waals surface area contributed by atoms with Crippen LogP contribution in [0.5, 0.6) is 0 Å². The highest BCUT2D eigenvalue weighted by Gasteiger charge is 2.27. The number of carbonyl (C=O) groups excluding carboxylic acids is 2. The second-order valence-corrected chi connectivity index (χ2v) is 17.2. The summed E-state index contributed by atoms with van der Waals surface area (Å²) in [6.07, 6.45) is 40.5. The van der Waals surface area contributed by atoms with Crippen molar-refractivity contribution in [1.29, 1.82) is 0 Å². The van der Waals surface area contributed by atoms with E-state index in [1.807, 2.05) is 6.08 Å². The fourth-order valence-corrected chi connectivity index (χ4v) is 7.39. The predicted molar refractivity (Wildman–Crippen MR) is 229 cm³/mol. The first kappa shape index (κ1) is 54.7. The van der Waals surface area contributed by atoms with Crippen LogP contribution in [0.1, 0.15) is 226 Å². The summed E-state index contributed by atoms with van der Waals surface area (Å²) in [5.41, 5.74) is 0. The van der Waals surface area contributed by atoms with Crippen molar-refractivity contribution in [2.24, 2.45) is 0 Å². The Labute approximate surface area is 343 Å². The van der Waals surface area contributed by atoms with Gasteiger partial charge < -0.3 is 24.6 Å². The Balaban J connectivity index is 4.24. The molecular formula is C45H87O10P. The molecule has 0 aliphatic rings. The molecule has 0 spiro atoms. The fourth-order valence-electron chi connectivity index (χ4n) is 6.60. The molecule has 0 radical (unpaired) electrons. The van der Waals surface area contributed by atoms with Gasteiger partial charge in [0.15, 0.2) is 6.10 Å². The summed E-state index contributed by atoms with van der Waals surface area (Å²) in [6, 6.07) is 0. The second-order valence-electron chi connectivity index (χ2n) is 15.8. The van der Waals surface area contributed by atoms with Gasteiger partial charge in [0, 0.05) is 12.8 Å². The third-order valence-electron chi connectivity index (χ3n) is 10.2. The molecule has 0 aromatic rings. The monoisotopic (exact) mass is 819 g/mol. The van der Waals surface area contributed by atoms with Crippen LogP contribution in [0.2, 0.25) is 0 Å². The smallest absolute Gasteiger partial charge is 0.462 e. The lowest BCUT2D eigenvalue weighted by Gasteiger charge is -2.20. The zero-order valence-corrected chi connectivity index (χ0v) is 37.0. The summed E-state index contributed by atoms with van der Waals surface area (Å²) < 4.78 is 32.7. The maximum absolute atomic E-state index is 12.6. The highest BCUT2D eigenvalue weighted by Crippen LogP contribution is 2.43. The minimum absolute atomic E-state index is 0.106. The van der Waals surface area contributed by atoms with Crippen LogP contribution >= 0.6 is 7.82 Å². The number of phosphoric ester groups is 1. The lowest BCUT2D eigenvalue weighted by molar-refractivity contribution is -0.161. The minimum atomic E-state index is -4.62. The van der Waals surface area contributed by atoms with Gasteiger partial charge in [0.25, 0.3) is 0 Å². The third-order valence-corrected chi connectivity index (χ3v) is 11.1. The Morgan fingerprint density at radius 3 is 1.36 bits per heavy atom. The molecule has 0 bridgehead atoms. The van der Waals surface area contributed by atoms with Crippen LogP contribution in [0.4, 0.5) is 0 Å². The van der Waals surface area contributed by atoms with Crippen LogP contribution in [0, 0.1) is 0 Å². The van der Waals surface area contributed by atoms with Gasteiger partial charge in [-0.25, -0.2) is 4.57 Å². The fraction of sp³-hybridized carbons (Fsp3) is 0.911. The standard InChI is InChI=1S/C45H87O10P/c1-3-5-7-9-11-13-15-17-19-20-21-23-24-26-28-30-32-34-36-44(48)52-40-43(41-54-56(50,51)53-39-42(47)38-46)55-45(49)37-35-33-31-29-27-25-22-18-16-14-12-10-8-6-4-2/h31,33,42-43,46-47H,3-30,32,34-41H2,1-2H3,(H,50,51)/b33-31+/t42-,43+/m0/s1. The van der Waals surface area contributed by atoms with E-state index in [4.69, 9.17) is 23.6 Å². The Bertz CT molecular complexity index is 946. The summed E-state index contributed by atoms with van der Waals surface area (Å²) in [7, 11) is -4.62. The molecular weight excluding hydrogens is 731 g/mol. The number of aliphatic hydroxyl groups excluding tert-OH is 2. The number of hydrogen-bond donors (Lipinski definition) is 3. The van der Waals surface area contributed by atoms with E-state index < -0.39 is 51.8 Å². The van der Waals surface area contributed by atoms with Gasteiger partial charge in [0.2, 0.25) is 0 Å². The number of unbranched alkanes of at least 4 members (excludes halogenated alkanes) is 28. The number of ether oxygens (including phenoxy) is 2.